The summed E-state index contributed by atoms with van der Waals surface area (Å²) in [5, 5.41) is 3.24. The van der Waals surface area contributed by atoms with Crippen molar-refractivity contribution in [3.63, 3.8) is 0 Å². The molecule has 84 valence electrons. The van der Waals surface area contributed by atoms with Crippen molar-refractivity contribution in [2.75, 3.05) is 39.2 Å². The lowest BCUT2D eigenvalue weighted by atomic mass is 10.3. The van der Waals surface area contributed by atoms with Gasteiger partial charge in [-0.1, -0.05) is 0 Å². The summed E-state index contributed by atoms with van der Waals surface area (Å²) >= 11 is 1.90. The van der Waals surface area contributed by atoms with E-state index in [0.29, 0.717) is 0 Å². The zero-order chi connectivity index (χ0) is 10.8. The molecule has 1 N–H and O–H groups in total. The van der Waals surface area contributed by atoms with Crippen LogP contribution in [0.4, 0.5) is 0 Å². The van der Waals surface area contributed by atoms with Gasteiger partial charge in [-0.15, -0.1) is 0 Å². The van der Waals surface area contributed by atoms with E-state index in [4.69, 9.17) is 0 Å². The molecule has 0 atom stereocenters. The second-order valence-corrected chi connectivity index (χ2v) is 4.32. The van der Waals surface area contributed by atoms with Gasteiger partial charge in [-0.2, -0.15) is 11.8 Å². The number of hydrogen-bond acceptors (Lipinski definition) is 2. The first-order valence-electron chi connectivity index (χ1n) is 5.17. The van der Waals surface area contributed by atoms with E-state index in [1.165, 1.54) is 18.6 Å². The Labute approximate surface area is 92.4 Å². The molecule has 0 bridgehead atoms. The van der Waals surface area contributed by atoms with Gasteiger partial charge < -0.3 is 10.2 Å². The lowest BCUT2D eigenvalue weighted by Crippen LogP contribution is -2.36. The van der Waals surface area contributed by atoms with Crippen molar-refractivity contribution >= 4 is 17.7 Å². The molecule has 0 aliphatic carbocycles. The predicted octanol–water partition coefficient (Wildman–Crippen LogP) is 1.66. The summed E-state index contributed by atoms with van der Waals surface area (Å²) in [6.07, 6.45) is 4.59. The first kappa shape index (κ1) is 13.6. The van der Waals surface area contributed by atoms with Crippen molar-refractivity contribution in [3.8, 4) is 0 Å². The third-order valence-corrected chi connectivity index (χ3v) is 2.47. The lowest BCUT2D eigenvalue weighted by molar-refractivity contribution is 0.582. The van der Waals surface area contributed by atoms with Crippen molar-refractivity contribution in [2.45, 2.75) is 19.8 Å². The molecule has 0 saturated carbocycles. The van der Waals surface area contributed by atoms with Gasteiger partial charge in [0.2, 0.25) is 0 Å². The topological polar surface area (TPSA) is 27.6 Å². The molecular weight excluding hydrogens is 194 g/mol. The normalized spacial score (nSPS) is 11.6. The molecule has 0 aliphatic rings. The number of nitrogens with one attached hydrogen (secondary N) is 1. The molecule has 0 spiro atoms. The molecule has 0 aromatic rings. The Morgan fingerprint density at radius 3 is 2.57 bits per heavy atom. The van der Waals surface area contributed by atoms with E-state index in [-0.39, 0.29) is 0 Å². The highest BCUT2D eigenvalue weighted by Gasteiger charge is 1.97. The average molecular weight is 217 g/mol. The van der Waals surface area contributed by atoms with Gasteiger partial charge in [0.05, 0.1) is 0 Å². The fraction of sp³-hybridized carbons (Fsp3) is 0.900. The molecule has 0 aromatic heterocycles. The Balaban J connectivity index is 3.68. The SMILES string of the molecule is CCNC(=NCCCCSC)N(C)C. The minimum Gasteiger partial charge on any atom is -0.357 e. The first-order chi connectivity index (χ1) is 6.72. The highest BCUT2D eigenvalue weighted by Crippen LogP contribution is 1.99. The average Bonchev–Trinajstić information content (AvgIpc) is 2.15. The fourth-order valence-electron chi connectivity index (χ4n) is 1.06. The molecule has 0 amide bonds. The summed E-state index contributed by atoms with van der Waals surface area (Å²) in [7, 11) is 4.03. The molecule has 0 saturated heterocycles. The van der Waals surface area contributed by atoms with Gasteiger partial charge >= 0.3 is 0 Å². The molecule has 0 fully saturated rings. The minimum absolute atomic E-state index is 0.932. The zero-order valence-corrected chi connectivity index (χ0v) is 10.7. The second-order valence-electron chi connectivity index (χ2n) is 3.33. The largest absolute Gasteiger partial charge is 0.357 e. The number of thioether (sulfide) groups is 1. The van der Waals surface area contributed by atoms with Crippen LogP contribution >= 0.6 is 11.8 Å². The van der Waals surface area contributed by atoms with Gasteiger partial charge in [0.15, 0.2) is 5.96 Å². The van der Waals surface area contributed by atoms with Crippen LogP contribution in [0.2, 0.25) is 0 Å². The Bertz CT molecular complexity index is 157. The smallest absolute Gasteiger partial charge is 0.193 e. The maximum Gasteiger partial charge on any atom is 0.193 e. The zero-order valence-electron chi connectivity index (χ0n) is 9.84. The van der Waals surface area contributed by atoms with Crippen molar-refractivity contribution in [2.24, 2.45) is 4.99 Å². The Morgan fingerprint density at radius 1 is 1.36 bits per heavy atom. The van der Waals surface area contributed by atoms with Crippen molar-refractivity contribution in [1.82, 2.24) is 10.2 Å². The van der Waals surface area contributed by atoms with Gasteiger partial charge in [-0.3, -0.25) is 4.99 Å². The monoisotopic (exact) mass is 217 g/mol. The number of rotatable bonds is 6. The van der Waals surface area contributed by atoms with Crippen LogP contribution in [0.1, 0.15) is 19.8 Å². The van der Waals surface area contributed by atoms with Gasteiger partial charge in [0, 0.05) is 27.2 Å². The van der Waals surface area contributed by atoms with Crippen LogP contribution in [0.15, 0.2) is 4.99 Å². The highest BCUT2D eigenvalue weighted by atomic mass is 32.2. The van der Waals surface area contributed by atoms with E-state index in [0.717, 1.165) is 19.0 Å². The molecule has 3 nitrogen and oxygen atoms in total. The standard InChI is InChI=1S/C10H23N3S/c1-5-11-10(13(2)3)12-8-6-7-9-14-4/h5-9H2,1-4H3,(H,11,12). The van der Waals surface area contributed by atoms with Crippen LogP contribution in [0.5, 0.6) is 0 Å². The van der Waals surface area contributed by atoms with Crippen LogP contribution in [-0.4, -0.2) is 50.1 Å². The van der Waals surface area contributed by atoms with Crippen LogP contribution in [0, 0.1) is 0 Å². The number of nitrogens with zero attached hydrogens (tertiary/aromatic N) is 2. The van der Waals surface area contributed by atoms with Gasteiger partial charge in [0.25, 0.3) is 0 Å². The van der Waals surface area contributed by atoms with Gasteiger partial charge in [0.1, 0.15) is 0 Å². The molecule has 0 unspecified atom stereocenters. The Hall–Kier alpha value is -0.380. The summed E-state index contributed by atoms with van der Waals surface area (Å²) in [4.78, 5) is 6.53. The third kappa shape index (κ3) is 7.06. The van der Waals surface area contributed by atoms with E-state index < -0.39 is 0 Å². The second kappa shape index (κ2) is 9.19. The summed E-state index contributed by atoms with van der Waals surface area (Å²) in [6, 6.07) is 0. The van der Waals surface area contributed by atoms with Crippen molar-refractivity contribution < 1.29 is 0 Å². The third-order valence-electron chi connectivity index (χ3n) is 1.78. The fourth-order valence-corrected chi connectivity index (χ4v) is 1.55. The summed E-state index contributed by atoms with van der Waals surface area (Å²) in [5.74, 6) is 2.24. The van der Waals surface area contributed by atoms with E-state index in [1.807, 2.05) is 30.8 Å². The highest BCUT2D eigenvalue weighted by molar-refractivity contribution is 7.98. The molecule has 0 heterocycles. The molecule has 4 heteroatoms. The molecule has 0 radical (unpaired) electrons. The summed E-state index contributed by atoms with van der Waals surface area (Å²) in [6.45, 7) is 3.95. The molecule has 0 aliphatic heterocycles. The van der Waals surface area contributed by atoms with Crippen LogP contribution in [-0.2, 0) is 0 Å². The van der Waals surface area contributed by atoms with Crippen molar-refractivity contribution in [3.05, 3.63) is 0 Å². The Kier molecular flexibility index (Phi) is 8.94. The first-order valence-corrected chi connectivity index (χ1v) is 6.56. The molecule has 0 rings (SSSR count). The maximum atomic E-state index is 4.51. The lowest BCUT2D eigenvalue weighted by Gasteiger charge is -2.16. The van der Waals surface area contributed by atoms with E-state index in [9.17, 15) is 0 Å². The number of aliphatic imine (C=N–C) groups is 1. The maximum absolute atomic E-state index is 4.51. The van der Waals surface area contributed by atoms with Crippen LogP contribution in [0.3, 0.4) is 0 Å². The van der Waals surface area contributed by atoms with Crippen LogP contribution in [0.25, 0.3) is 0 Å². The quantitative estimate of drug-likeness (QED) is 0.416. The molecular formula is C10H23N3S. The minimum atomic E-state index is 0.932. The Morgan fingerprint density at radius 2 is 2.07 bits per heavy atom. The predicted molar refractivity (Wildman–Crippen MR) is 67.3 cm³/mol. The van der Waals surface area contributed by atoms with Crippen molar-refractivity contribution in [1.29, 1.82) is 0 Å². The van der Waals surface area contributed by atoms with E-state index >= 15 is 0 Å². The summed E-state index contributed by atoms with van der Waals surface area (Å²) in [5.41, 5.74) is 0. The van der Waals surface area contributed by atoms with E-state index in [2.05, 4.69) is 23.5 Å². The van der Waals surface area contributed by atoms with Gasteiger partial charge in [-0.05, 0) is 31.8 Å². The number of unbranched alkanes of at least 4 members (excludes halogenated alkanes) is 1. The van der Waals surface area contributed by atoms with Crippen LogP contribution < -0.4 is 5.32 Å². The molecule has 0 aromatic carbocycles. The molecule has 14 heavy (non-hydrogen) atoms. The summed E-state index contributed by atoms with van der Waals surface area (Å²) < 4.78 is 0. The number of hydrogen-bond donors (Lipinski definition) is 1. The van der Waals surface area contributed by atoms with E-state index in [1.54, 1.807) is 0 Å². The van der Waals surface area contributed by atoms with Gasteiger partial charge in [-0.25, -0.2) is 0 Å². The number of guanidine groups is 1.